The third-order valence-corrected chi connectivity index (χ3v) is 6.25. The fourth-order valence-corrected chi connectivity index (χ4v) is 4.37. The molecule has 0 aliphatic carbocycles. The van der Waals surface area contributed by atoms with Gasteiger partial charge in [-0.05, 0) is 37.3 Å². The van der Waals surface area contributed by atoms with Crippen LogP contribution in [0.3, 0.4) is 0 Å². The maximum absolute atomic E-state index is 13.3. The van der Waals surface area contributed by atoms with Crippen LogP contribution < -0.4 is 14.8 Å². The van der Waals surface area contributed by atoms with Crippen molar-refractivity contribution in [3.8, 4) is 11.5 Å². The van der Waals surface area contributed by atoms with Crippen LogP contribution in [0.5, 0.6) is 11.5 Å². The summed E-state index contributed by atoms with van der Waals surface area (Å²) in [5.41, 5.74) is 3.35. The second kappa shape index (κ2) is 10.4. The fourth-order valence-electron chi connectivity index (χ4n) is 4.37. The van der Waals surface area contributed by atoms with E-state index in [1.54, 1.807) is 25.3 Å². The summed E-state index contributed by atoms with van der Waals surface area (Å²) in [6, 6.07) is 18.7. The number of amides is 2. The van der Waals surface area contributed by atoms with Crippen LogP contribution >= 0.6 is 0 Å². The predicted molar refractivity (Wildman–Crippen MR) is 129 cm³/mol. The first-order valence-electron chi connectivity index (χ1n) is 11.3. The maximum Gasteiger partial charge on any atom is 0.253 e. The lowest BCUT2D eigenvalue weighted by Crippen LogP contribution is -2.35. The molecular formula is C27H29N3O4. The van der Waals surface area contributed by atoms with Crippen molar-refractivity contribution in [2.45, 2.75) is 19.4 Å². The predicted octanol–water partition coefficient (Wildman–Crippen LogP) is 3.58. The van der Waals surface area contributed by atoms with Crippen LogP contribution in [0.1, 0.15) is 33.1 Å². The second-order valence-corrected chi connectivity index (χ2v) is 8.44. The van der Waals surface area contributed by atoms with E-state index >= 15 is 0 Å². The lowest BCUT2D eigenvalue weighted by atomic mass is 9.87. The summed E-state index contributed by atoms with van der Waals surface area (Å²) in [4.78, 5) is 32.6. The van der Waals surface area contributed by atoms with Gasteiger partial charge >= 0.3 is 0 Å². The normalized spacial score (nSPS) is 17.3. The first kappa shape index (κ1) is 23.3. The molecule has 2 aromatic carbocycles. The maximum atomic E-state index is 13.3. The fraction of sp³-hybridized carbons (Fsp3) is 0.296. The topological polar surface area (TPSA) is 80.8 Å². The summed E-state index contributed by atoms with van der Waals surface area (Å²) < 4.78 is 11.0. The molecule has 4 rings (SSSR count). The zero-order valence-corrected chi connectivity index (χ0v) is 19.7. The monoisotopic (exact) mass is 459 g/mol. The molecule has 2 amide bonds. The number of hydrogen-bond donors (Lipinski definition) is 1. The van der Waals surface area contributed by atoms with Crippen LogP contribution in [-0.4, -0.2) is 49.0 Å². The molecule has 1 aliphatic rings. The summed E-state index contributed by atoms with van der Waals surface area (Å²) in [5, 5.41) is 3.00. The molecule has 7 heteroatoms. The summed E-state index contributed by atoms with van der Waals surface area (Å²) in [5.74, 6) is 0.448. The van der Waals surface area contributed by atoms with Crippen LogP contribution in [-0.2, 0) is 11.3 Å². The van der Waals surface area contributed by atoms with Gasteiger partial charge in [-0.25, -0.2) is 0 Å². The van der Waals surface area contributed by atoms with E-state index in [9.17, 15) is 9.59 Å². The number of nitrogens with zero attached hydrogens (tertiary/aromatic N) is 2. The molecule has 0 radical (unpaired) electrons. The Balaban J connectivity index is 1.61. The summed E-state index contributed by atoms with van der Waals surface area (Å²) in [6.07, 6.45) is 1.70. The number of benzene rings is 2. The average molecular weight is 460 g/mol. The number of rotatable bonds is 7. The number of carbonyl (C=O) groups excluding carboxylic acids is 2. The molecule has 1 aliphatic heterocycles. The van der Waals surface area contributed by atoms with Gasteiger partial charge in [-0.1, -0.05) is 29.8 Å². The molecular weight excluding hydrogens is 430 g/mol. The molecule has 1 saturated heterocycles. The zero-order chi connectivity index (χ0) is 24.1. The third-order valence-electron chi connectivity index (χ3n) is 6.25. The Morgan fingerprint density at radius 2 is 1.82 bits per heavy atom. The Bertz CT molecular complexity index is 1150. The first-order valence-corrected chi connectivity index (χ1v) is 11.3. The second-order valence-electron chi connectivity index (χ2n) is 8.44. The molecule has 0 saturated carbocycles. The minimum absolute atomic E-state index is 0.0856. The van der Waals surface area contributed by atoms with Gasteiger partial charge in [0.15, 0.2) is 0 Å². The number of aryl methyl sites for hydroxylation is 1. The SMILES string of the molecule is COc1ccc([C@@H]2CN(C(=O)c3ccc(C)cc3)C[C@@H]2C(=O)NCc2ccccn2)c(OC)c1. The van der Waals surface area contributed by atoms with E-state index < -0.39 is 5.92 Å². The van der Waals surface area contributed by atoms with Crippen molar-refractivity contribution in [1.29, 1.82) is 0 Å². The van der Waals surface area contributed by atoms with Crippen molar-refractivity contribution in [3.63, 3.8) is 0 Å². The highest BCUT2D eigenvalue weighted by molar-refractivity contribution is 5.95. The van der Waals surface area contributed by atoms with Gasteiger partial charge in [-0.2, -0.15) is 0 Å². The smallest absolute Gasteiger partial charge is 0.253 e. The Kier molecular flexibility index (Phi) is 7.11. The molecule has 7 nitrogen and oxygen atoms in total. The van der Waals surface area contributed by atoms with Gasteiger partial charge in [0.2, 0.25) is 5.91 Å². The number of likely N-dealkylation sites (tertiary alicyclic amines) is 1. The highest BCUT2D eigenvalue weighted by Crippen LogP contribution is 2.39. The number of pyridine rings is 1. The van der Waals surface area contributed by atoms with Crippen LogP contribution in [0.15, 0.2) is 66.9 Å². The minimum atomic E-state index is -0.430. The lowest BCUT2D eigenvalue weighted by Gasteiger charge is -2.21. The van der Waals surface area contributed by atoms with Gasteiger partial charge < -0.3 is 19.7 Å². The number of nitrogens with one attached hydrogen (secondary N) is 1. The van der Waals surface area contributed by atoms with Gasteiger partial charge in [-0.15, -0.1) is 0 Å². The molecule has 3 aromatic rings. The van der Waals surface area contributed by atoms with E-state index in [4.69, 9.17) is 9.47 Å². The zero-order valence-electron chi connectivity index (χ0n) is 19.7. The highest BCUT2D eigenvalue weighted by Gasteiger charge is 2.41. The molecule has 0 spiro atoms. The van der Waals surface area contributed by atoms with E-state index in [0.29, 0.717) is 36.7 Å². The van der Waals surface area contributed by atoms with Crippen LogP contribution in [0.25, 0.3) is 0 Å². The molecule has 2 atom stereocenters. The minimum Gasteiger partial charge on any atom is -0.497 e. The molecule has 2 heterocycles. The van der Waals surface area contributed by atoms with E-state index in [-0.39, 0.29) is 17.7 Å². The molecule has 1 fully saturated rings. The summed E-state index contributed by atoms with van der Waals surface area (Å²) in [6.45, 7) is 3.05. The molecule has 0 unspecified atom stereocenters. The largest absolute Gasteiger partial charge is 0.497 e. The Morgan fingerprint density at radius 1 is 1.03 bits per heavy atom. The third kappa shape index (κ3) is 5.03. The first-order chi connectivity index (χ1) is 16.5. The highest BCUT2D eigenvalue weighted by atomic mass is 16.5. The van der Waals surface area contributed by atoms with Gasteiger partial charge in [-0.3, -0.25) is 14.6 Å². The van der Waals surface area contributed by atoms with Crippen molar-refractivity contribution in [2.24, 2.45) is 5.92 Å². The molecule has 0 bridgehead atoms. The van der Waals surface area contributed by atoms with Gasteiger partial charge in [0, 0.05) is 42.4 Å². The van der Waals surface area contributed by atoms with E-state index in [2.05, 4.69) is 10.3 Å². The van der Waals surface area contributed by atoms with Crippen molar-refractivity contribution >= 4 is 11.8 Å². The Labute approximate surface area is 199 Å². The number of hydrogen-bond acceptors (Lipinski definition) is 5. The van der Waals surface area contributed by atoms with Gasteiger partial charge in [0.25, 0.3) is 5.91 Å². The standard InChI is InChI=1S/C27H29N3O4/c1-18-7-9-19(10-8-18)27(32)30-16-23(22-12-11-21(33-2)14-25(22)34-3)24(17-30)26(31)29-15-20-6-4-5-13-28-20/h4-14,23-24H,15-17H2,1-3H3,(H,29,31)/t23-,24-/m0/s1. The number of carbonyl (C=O) groups is 2. The van der Waals surface area contributed by atoms with Crippen molar-refractivity contribution in [3.05, 3.63) is 89.2 Å². The Morgan fingerprint density at radius 3 is 2.50 bits per heavy atom. The quantitative estimate of drug-likeness (QED) is 0.584. The number of aromatic nitrogens is 1. The van der Waals surface area contributed by atoms with Crippen LogP contribution in [0.4, 0.5) is 0 Å². The van der Waals surface area contributed by atoms with Crippen LogP contribution in [0, 0.1) is 12.8 Å². The number of methoxy groups -OCH3 is 2. The molecule has 1 N–H and O–H groups in total. The molecule has 1 aromatic heterocycles. The Hall–Kier alpha value is -3.87. The van der Waals surface area contributed by atoms with Crippen molar-refractivity contribution < 1.29 is 19.1 Å². The summed E-state index contributed by atoms with van der Waals surface area (Å²) >= 11 is 0. The van der Waals surface area contributed by atoms with Gasteiger partial charge in [0.1, 0.15) is 11.5 Å². The lowest BCUT2D eigenvalue weighted by molar-refractivity contribution is -0.125. The van der Waals surface area contributed by atoms with E-state index in [0.717, 1.165) is 16.8 Å². The average Bonchev–Trinajstić information content (AvgIpc) is 3.33. The summed E-state index contributed by atoms with van der Waals surface area (Å²) in [7, 11) is 3.19. The van der Waals surface area contributed by atoms with Gasteiger partial charge in [0.05, 0.1) is 32.4 Å². The molecule has 176 valence electrons. The number of ether oxygens (including phenoxy) is 2. The van der Waals surface area contributed by atoms with E-state index in [1.807, 2.05) is 67.6 Å². The van der Waals surface area contributed by atoms with Crippen molar-refractivity contribution in [2.75, 3.05) is 27.3 Å². The van der Waals surface area contributed by atoms with Crippen molar-refractivity contribution in [1.82, 2.24) is 15.2 Å². The van der Waals surface area contributed by atoms with Crippen LogP contribution in [0.2, 0.25) is 0 Å². The van der Waals surface area contributed by atoms with E-state index in [1.165, 1.54) is 0 Å². The molecule has 34 heavy (non-hydrogen) atoms.